The number of halogens is 8. The quantitative estimate of drug-likeness (QED) is 0.333. The van der Waals surface area contributed by atoms with Gasteiger partial charge >= 0.3 is 43.2 Å². The van der Waals surface area contributed by atoms with Gasteiger partial charge in [-0.3, -0.25) is 0 Å². The molecule has 1 aliphatic heterocycles. The van der Waals surface area contributed by atoms with Crippen LogP contribution < -0.4 is 18.9 Å². The molecular formula is C17H15Cl2F6LiO6S2. The maximum atomic E-state index is 12.2. The maximum Gasteiger partial charge on any atom is 1.00 e. The standard InChI is InChI=1S/C7H4ClF3O2S.C6H2ClF3O2S.C4H8O.Li.H2O/c1-13-6(12)4-2-3(8)5(14-4)7(9,10)11;7-2-1-3(5(11)12)13-4(2)6(8,9)10;1-2-4-5-3-1;;/h2H,1H3;1H,(H,11,12);1-4H2;;1H2/q;;;+1;/p-1. The fourth-order valence-electron chi connectivity index (χ4n) is 1.94. The molecule has 0 atom stereocenters. The molecule has 2 N–H and O–H groups in total. The van der Waals surface area contributed by atoms with Crippen molar-refractivity contribution in [3.63, 3.8) is 0 Å². The van der Waals surface area contributed by atoms with Crippen molar-refractivity contribution in [2.75, 3.05) is 20.3 Å². The van der Waals surface area contributed by atoms with Crippen LogP contribution in [0.15, 0.2) is 12.1 Å². The van der Waals surface area contributed by atoms with Gasteiger partial charge in [-0.25, -0.2) is 9.59 Å². The van der Waals surface area contributed by atoms with Crippen LogP contribution in [0.4, 0.5) is 26.3 Å². The van der Waals surface area contributed by atoms with Crippen molar-refractivity contribution in [3.8, 4) is 0 Å². The Morgan fingerprint density at radius 3 is 1.56 bits per heavy atom. The minimum absolute atomic E-state index is 0. The Bertz CT molecular complexity index is 921. The van der Waals surface area contributed by atoms with Crippen molar-refractivity contribution in [1.82, 2.24) is 0 Å². The molecule has 0 unspecified atom stereocenters. The maximum absolute atomic E-state index is 12.2. The van der Waals surface area contributed by atoms with Gasteiger partial charge in [0.05, 0.1) is 17.2 Å². The molecule has 0 radical (unpaired) electrons. The molecule has 1 fully saturated rings. The van der Waals surface area contributed by atoms with Crippen LogP contribution in [0.2, 0.25) is 10.0 Å². The molecule has 34 heavy (non-hydrogen) atoms. The van der Waals surface area contributed by atoms with Gasteiger partial charge in [0.25, 0.3) is 0 Å². The van der Waals surface area contributed by atoms with E-state index in [0.29, 0.717) is 0 Å². The topological polar surface area (TPSA) is 103 Å². The first-order valence-corrected chi connectivity index (χ1v) is 10.7. The van der Waals surface area contributed by atoms with E-state index in [1.807, 2.05) is 0 Å². The zero-order valence-electron chi connectivity index (χ0n) is 17.4. The summed E-state index contributed by atoms with van der Waals surface area (Å²) in [6, 6.07) is 1.73. The van der Waals surface area contributed by atoms with E-state index in [1.54, 1.807) is 0 Å². The van der Waals surface area contributed by atoms with Crippen LogP contribution in [-0.4, -0.2) is 42.8 Å². The van der Waals surface area contributed by atoms with Gasteiger partial charge in [-0.1, -0.05) is 23.2 Å². The first kappa shape index (κ1) is 35.2. The number of methoxy groups -OCH3 is 1. The summed E-state index contributed by atoms with van der Waals surface area (Å²) in [6.45, 7) is 2.00. The molecule has 1 saturated heterocycles. The minimum Gasteiger partial charge on any atom is -0.870 e. The van der Waals surface area contributed by atoms with Gasteiger partial charge in [0.1, 0.15) is 19.5 Å². The Morgan fingerprint density at radius 2 is 1.32 bits per heavy atom. The van der Waals surface area contributed by atoms with Crippen molar-refractivity contribution in [2.24, 2.45) is 0 Å². The van der Waals surface area contributed by atoms with E-state index in [9.17, 15) is 35.9 Å². The first-order chi connectivity index (χ1) is 14.7. The Kier molecular flexibility index (Phi) is 15.7. The predicted molar refractivity (Wildman–Crippen MR) is 109 cm³/mol. The van der Waals surface area contributed by atoms with Crippen LogP contribution in [0.5, 0.6) is 0 Å². The van der Waals surface area contributed by atoms with E-state index in [2.05, 4.69) is 4.74 Å². The van der Waals surface area contributed by atoms with Crippen LogP contribution >= 0.6 is 45.9 Å². The number of alkyl halides is 6. The molecule has 1 aliphatic rings. The predicted octanol–water partition coefficient (Wildman–Crippen LogP) is 3.95. The third-order valence-corrected chi connectivity index (χ3v) is 6.46. The number of hydrogen-bond acceptors (Lipinski definition) is 7. The molecule has 0 spiro atoms. The third-order valence-electron chi connectivity index (χ3n) is 3.31. The SMILES string of the molecule is C1CCOC1.COC(=O)c1cc(Cl)c(C(F)(F)F)s1.O=C(O)c1cc(Cl)c(C(F)(F)F)s1.[Li+].[OH-]. The summed E-state index contributed by atoms with van der Waals surface area (Å²) in [5.41, 5.74) is 0. The van der Waals surface area contributed by atoms with Crippen LogP contribution in [0, 0.1) is 0 Å². The van der Waals surface area contributed by atoms with Gasteiger partial charge in [-0.2, -0.15) is 26.3 Å². The second kappa shape index (κ2) is 15.2. The first-order valence-electron chi connectivity index (χ1n) is 8.30. The molecule has 6 nitrogen and oxygen atoms in total. The summed E-state index contributed by atoms with van der Waals surface area (Å²) in [5.74, 6) is -2.24. The largest absolute Gasteiger partial charge is 1.00 e. The molecule has 3 rings (SSSR count). The summed E-state index contributed by atoms with van der Waals surface area (Å²) >= 11 is 10.9. The van der Waals surface area contributed by atoms with Crippen LogP contribution in [0.3, 0.4) is 0 Å². The molecule has 0 bridgehead atoms. The normalized spacial score (nSPS) is 12.7. The van der Waals surface area contributed by atoms with Crippen molar-refractivity contribution >= 4 is 57.8 Å². The summed E-state index contributed by atoms with van der Waals surface area (Å²) in [5, 5.41) is 7.32. The summed E-state index contributed by atoms with van der Waals surface area (Å²) < 4.78 is 82.0. The molecule has 17 heteroatoms. The van der Waals surface area contributed by atoms with E-state index >= 15 is 0 Å². The molecular weight excluding hydrogens is 556 g/mol. The number of aromatic carboxylic acids is 1. The van der Waals surface area contributed by atoms with Gasteiger partial charge in [0.15, 0.2) is 0 Å². The van der Waals surface area contributed by atoms with Crippen LogP contribution in [0.25, 0.3) is 0 Å². The van der Waals surface area contributed by atoms with Gasteiger partial charge in [-0.15, -0.1) is 22.7 Å². The van der Waals surface area contributed by atoms with Crippen molar-refractivity contribution < 1.29 is 74.8 Å². The molecule has 0 amide bonds. The smallest absolute Gasteiger partial charge is 0.870 e. The zero-order chi connectivity index (χ0) is 24.7. The summed E-state index contributed by atoms with van der Waals surface area (Å²) in [4.78, 5) is 18.5. The average Bonchev–Trinajstić information content (AvgIpc) is 3.41. The zero-order valence-corrected chi connectivity index (χ0v) is 20.5. The van der Waals surface area contributed by atoms with Gasteiger partial charge in [0.2, 0.25) is 0 Å². The fourth-order valence-corrected chi connectivity index (χ4v) is 4.33. The molecule has 188 valence electrons. The van der Waals surface area contributed by atoms with Gasteiger partial charge in [0, 0.05) is 13.2 Å². The number of esters is 1. The van der Waals surface area contributed by atoms with E-state index in [0.717, 1.165) is 32.5 Å². The van der Waals surface area contributed by atoms with Gasteiger partial charge in [-0.05, 0) is 25.0 Å². The van der Waals surface area contributed by atoms with E-state index in [1.165, 1.54) is 12.8 Å². The number of carbonyl (C=O) groups is 2. The average molecular weight is 571 g/mol. The number of carbonyl (C=O) groups excluding carboxylic acids is 1. The molecule has 0 saturated carbocycles. The number of ether oxygens (including phenoxy) is 2. The number of carboxylic acids is 1. The van der Waals surface area contributed by atoms with Crippen molar-refractivity contribution in [2.45, 2.75) is 25.2 Å². The minimum atomic E-state index is -4.59. The third kappa shape index (κ3) is 11.2. The van der Waals surface area contributed by atoms with E-state index in [-0.39, 0.29) is 51.9 Å². The fraction of sp³-hybridized carbons (Fsp3) is 0.412. The number of hydrogen-bond donors (Lipinski definition) is 1. The Labute approximate surface area is 219 Å². The molecule has 2 aromatic rings. The number of carboxylic acid groups (broad SMARTS) is 1. The molecule has 0 aliphatic carbocycles. The Morgan fingerprint density at radius 1 is 0.941 bits per heavy atom. The van der Waals surface area contributed by atoms with Crippen molar-refractivity contribution in [3.05, 3.63) is 41.7 Å². The second-order valence-corrected chi connectivity index (χ2v) is 8.61. The van der Waals surface area contributed by atoms with Crippen LogP contribution in [0.1, 0.15) is 41.9 Å². The molecule has 0 aromatic carbocycles. The Balaban J connectivity index is 0. The number of rotatable bonds is 2. The van der Waals surface area contributed by atoms with Crippen LogP contribution in [-0.2, 0) is 21.8 Å². The Hall–Kier alpha value is -0.983. The monoisotopic (exact) mass is 570 g/mol. The summed E-state index contributed by atoms with van der Waals surface area (Å²) in [7, 11) is 1.09. The second-order valence-electron chi connectivity index (χ2n) is 5.69. The summed E-state index contributed by atoms with van der Waals surface area (Å²) in [6.07, 6.45) is -6.57. The number of thiophene rings is 2. The molecule has 2 aromatic heterocycles. The van der Waals surface area contributed by atoms with E-state index in [4.69, 9.17) is 33.0 Å². The van der Waals surface area contributed by atoms with E-state index < -0.39 is 49.0 Å². The van der Waals surface area contributed by atoms with Crippen molar-refractivity contribution in [1.29, 1.82) is 0 Å². The molecule has 3 heterocycles. The van der Waals surface area contributed by atoms with Gasteiger partial charge < -0.3 is 20.1 Å².